The van der Waals surface area contributed by atoms with Crippen LogP contribution in [0, 0.1) is 5.82 Å². The van der Waals surface area contributed by atoms with Crippen molar-refractivity contribution in [2.24, 2.45) is 0 Å². The van der Waals surface area contributed by atoms with E-state index in [1.807, 2.05) is 4.57 Å². The quantitative estimate of drug-likeness (QED) is 0.829. The maximum Gasteiger partial charge on any atom is 0.201 e. The van der Waals surface area contributed by atoms with Gasteiger partial charge in [-0.2, -0.15) is 0 Å². The normalized spacial score (nSPS) is 11.3. The highest BCUT2D eigenvalue weighted by Crippen LogP contribution is 2.25. The molecule has 1 aromatic heterocycles. The summed E-state index contributed by atoms with van der Waals surface area (Å²) in [6.07, 6.45) is 2.98. The Kier molecular flexibility index (Phi) is 4.61. The Bertz CT molecular complexity index is 571. The number of benzene rings is 1. The molecule has 6 heteroatoms. The van der Waals surface area contributed by atoms with E-state index in [0.717, 1.165) is 25.9 Å². The van der Waals surface area contributed by atoms with Crippen LogP contribution < -0.4 is 5.73 Å². The molecule has 0 amide bonds. The number of imidazole rings is 1. The molecule has 0 unspecified atom stereocenters. The molecule has 0 aliphatic carbocycles. The van der Waals surface area contributed by atoms with E-state index in [1.165, 1.54) is 12.1 Å². The first kappa shape index (κ1) is 14.1. The maximum atomic E-state index is 13.5. The molecule has 2 rings (SSSR count). The van der Waals surface area contributed by atoms with Gasteiger partial charge in [-0.1, -0.05) is 11.6 Å². The molecule has 2 N–H and O–H groups in total. The highest BCUT2D eigenvalue weighted by Gasteiger charge is 2.11. The van der Waals surface area contributed by atoms with Crippen LogP contribution in [-0.4, -0.2) is 23.3 Å². The molecular weight excluding hydrogens is 269 g/mol. The molecule has 1 heterocycles. The second kappa shape index (κ2) is 6.21. The lowest BCUT2D eigenvalue weighted by Gasteiger charge is -2.06. The first-order chi connectivity index (χ1) is 9.13. The van der Waals surface area contributed by atoms with Gasteiger partial charge in [0.1, 0.15) is 5.82 Å². The largest absolute Gasteiger partial charge is 0.385 e. The van der Waals surface area contributed by atoms with Crippen molar-refractivity contribution in [1.29, 1.82) is 0 Å². The lowest BCUT2D eigenvalue weighted by Crippen LogP contribution is -2.04. The SMILES string of the molecule is COCCCCCn1c(N)nc2cc(Cl)c(F)cc21. The van der Waals surface area contributed by atoms with Crippen LogP contribution in [0.3, 0.4) is 0 Å². The summed E-state index contributed by atoms with van der Waals surface area (Å²) in [6.45, 7) is 1.47. The molecule has 104 valence electrons. The molecule has 0 atom stereocenters. The Hall–Kier alpha value is -1.33. The third kappa shape index (κ3) is 3.16. The highest BCUT2D eigenvalue weighted by molar-refractivity contribution is 6.31. The monoisotopic (exact) mass is 285 g/mol. The zero-order valence-corrected chi connectivity index (χ0v) is 11.6. The van der Waals surface area contributed by atoms with E-state index in [4.69, 9.17) is 22.1 Å². The van der Waals surface area contributed by atoms with Crippen molar-refractivity contribution in [3.63, 3.8) is 0 Å². The average molecular weight is 286 g/mol. The van der Waals surface area contributed by atoms with Gasteiger partial charge in [-0.05, 0) is 25.3 Å². The van der Waals surface area contributed by atoms with Crippen LogP contribution >= 0.6 is 11.6 Å². The number of aryl methyl sites for hydroxylation is 1. The fourth-order valence-electron chi connectivity index (χ4n) is 2.07. The molecule has 0 fully saturated rings. The molecule has 4 nitrogen and oxygen atoms in total. The Labute approximate surface area is 116 Å². The van der Waals surface area contributed by atoms with Crippen molar-refractivity contribution < 1.29 is 9.13 Å². The molecule has 0 radical (unpaired) electrons. The minimum atomic E-state index is -0.449. The summed E-state index contributed by atoms with van der Waals surface area (Å²) in [5.41, 5.74) is 7.17. The second-order valence-electron chi connectivity index (χ2n) is 4.43. The number of nitrogens with two attached hydrogens (primary N) is 1. The molecule has 2 aromatic rings. The van der Waals surface area contributed by atoms with Crippen molar-refractivity contribution >= 4 is 28.6 Å². The Morgan fingerprint density at radius 1 is 1.37 bits per heavy atom. The van der Waals surface area contributed by atoms with Gasteiger partial charge in [-0.15, -0.1) is 0 Å². The van der Waals surface area contributed by atoms with Crippen LogP contribution in [-0.2, 0) is 11.3 Å². The minimum Gasteiger partial charge on any atom is -0.385 e. The number of fused-ring (bicyclic) bond motifs is 1. The summed E-state index contributed by atoms with van der Waals surface area (Å²) in [4.78, 5) is 4.20. The van der Waals surface area contributed by atoms with Gasteiger partial charge in [-0.25, -0.2) is 9.37 Å². The van der Waals surface area contributed by atoms with Gasteiger partial charge < -0.3 is 15.0 Å². The van der Waals surface area contributed by atoms with Gasteiger partial charge in [0.15, 0.2) is 0 Å². The summed E-state index contributed by atoms with van der Waals surface area (Å²) < 4.78 is 20.3. The number of nitrogen functional groups attached to an aromatic ring is 1. The molecule has 0 saturated heterocycles. The van der Waals surface area contributed by atoms with Gasteiger partial charge >= 0.3 is 0 Å². The molecule has 19 heavy (non-hydrogen) atoms. The van der Waals surface area contributed by atoms with Crippen molar-refractivity contribution in [2.45, 2.75) is 25.8 Å². The molecule has 0 aliphatic heterocycles. The number of halogens is 2. The third-order valence-corrected chi connectivity index (χ3v) is 3.34. The van der Waals surface area contributed by atoms with E-state index in [9.17, 15) is 4.39 Å². The van der Waals surface area contributed by atoms with Crippen LogP contribution in [0.4, 0.5) is 10.3 Å². The van der Waals surface area contributed by atoms with Crippen molar-refractivity contribution in [3.8, 4) is 0 Å². The lowest BCUT2D eigenvalue weighted by molar-refractivity contribution is 0.191. The fourth-order valence-corrected chi connectivity index (χ4v) is 2.22. The summed E-state index contributed by atoms with van der Waals surface area (Å²) >= 11 is 5.73. The topological polar surface area (TPSA) is 53.1 Å². The molecule has 0 saturated carbocycles. The van der Waals surface area contributed by atoms with Crippen molar-refractivity contribution in [1.82, 2.24) is 9.55 Å². The number of nitrogens with zero attached hydrogens (tertiary/aromatic N) is 2. The van der Waals surface area contributed by atoms with E-state index in [0.29, 0.717) is 23.5 Å². The van der Waals surface area contributed by atoms with E-state index < -0.39 is 5.82 Å². The molecule has 0 bridgehead atoms. The molecule has 0 spiro atoms. The summed E-state index contributed by atoms with van der Waals surface area (Å²) in [6, 6.07) is 2.89. The standard InChI is InChI=1S/C13H17ClFN3O/c1-19-6-4-2-3-5-18-12-8-10(15)9(14)7-11(12)17-13(18)16/h7-8H,2-6H2,1H3,(H2,16,17). The number of hydrogen-bond acceptors (Lipinski definition) is 3. The number of methoxy groups -OCH3 is 1. The first-order valence-corrected chi connectivity index (χ1v) is 6.61. The number of anilines is 1. The predicted molar refractivity (Wildman–Crippen MR) is 74.8 cm³/mol. The van der Waals surface area contributed by atoms with Crippen LogP contribution in [0.1, 0.15) is 19.3 Å². The van der Waals surface area contributed by atoms with Gasteiger partial charge in [0.05, 0.1) is 16.1 Å². The van der Waals surface area contributed by atoms with Gasteiger partial charge in [0.2, 0.25) is 5.95 Å². The second-order valence-corrected chi connectivity index (χ2v) is 4.84. The van der Waals surface area contributed by atoms with E-state index in [2.05, 4.69) is 4.98 Å². The van der Waals surface area contributed by atoms with Crippen LogP contribution in [0.15, 0.2) is 12.1 Å². The number of rotatable bonds is 6. The Morgan fingerprint density at radius 3 is 2.89 bits per heavy atom. The van der Waals surface area contributed by atoms with Gasteiger partial charge in [-0.3, -0.25) is 0 Å². The molecule has 0 aliphatic rings. The Morgan fingerprint density at radius 2 is 2.16 bits per heavy atom. The van der Waals surface area contributed by atoms with Gasteiger partial charge in [0.25, 0.3) is 0 Å². The van der Waals surface area contributed by atoms with E-state index in [-0.39, 0.29) is 5.02 Å². The van der Waals surface area contributed by atoms with Crippen LogP contribution in [0.2, 0.25) is 5.02 Å². The zero-order valence-electron chi connectivity index (χ0n) is 10.8. The minimum absolute atomic E-state index is 0.0669. The maximum absolute atomic E-state index is 13.5. The summed E-state index contributed by atoms with van der Waals surface area (Å²) in [7, 11) is 1.69. The fraction of sp³-hybridized carbons (Fsp3) is 0.462. The van der Waals surface area contributed by atoms with Gasteiger partial charge in [0, 0.05) is 26.3 Å². The molecular formula is C13H17ClFN3O. The molecule has 1 aromatic carbocycles. The number of aromatic nitrogens is 2. The Balaban J connectivity index is 2.13. The number of unbranched alkanes of at least 4 members (excludes halogenated alkanes) is 2. The summed E-state index contributed by atoms with van der Waals surface area (Å²) in [5.74, 6) is -0.0573. The summed E-state index contributed by atoms with van der Waals surface area (Å²) in [5, 5.41) is 0.0669. The first-order valence-electron chi connectivity index (χ1n) is 6.23. The van der Waals surface area contributed by atoms with Crippen molar-refractivity contribution in [3.05, 3.63) is 23.0 Å². The smallest absolute Gasteiger partial charge is 0.201 e. The number of hydrogen-bond donors (Lipinski definition) is 1. The number of ether oxygens (including phenoxy) is 1. The van der Waals surface area contributed by atoms with E-state index >= 15 is 0 Å². The van der Waals surface area contributed by atoms with Crippen LogP contribution in [0.25, 0.3) is 11.0 Å². The zero-order chi connectivity index (χ0) is 13.8. The lowest BCUT2D eigenvalue weighted by atomic mass is 10.2. The average Bonchev–Trinajstić information content (AvgIpc) is 2.66. The predicted octanol–water partition coefficient (Wildman–Crippen LogP) is 3.23. The van der Waals surface area contributed by atoms with Crippen molar-refractivity contribution in [2.75, 3.05) is 19.5 Å². The van der Waals surface area contributed by atoms with E-state index in [1.54, 1.807) is 7.11 Å². The van der Waals surface area contributed by atoms with Crippen LogP contribution in [0.5, 0.6) is 0 Å². The third-order valence-electron chi connectivity index (χ3n) is 3.05. The highest BCUT2D eigenvalue weighted by atomic mass is 35.5.